The van der Waals surface area contributed by atoms with Crippen LogP contribution in [0.4, 0.5) is 5.82 Å². The summed E-state index contributed by atoms with van der Waals surface area (Å²) in [6.07, 6.45) is 2.40. The van der Waals surface area contributed by atoms with E-state index in [0.29, 0.717) is 23.4 Å². The molecule has 7 heteroatoms. The van der Waals surface area contributed by atoms with Gasteiger partial charge in [-0.05, 0) is 23.1 Å². The highest BCUT2D eigenvalue weighted by molar-refractivity contribution is 5.90. The number of nitrogens with zero attached hydrogens (tertiary/aromatic N) is 3. The molecule has 1 aromatic heterocycles. The minimum atomic E-state index is -0.534. The summed E-state index contributed by atoms with van der Waals surface area (Å²) < 4.78 is 2.49. The van der Waals surface area contributed by atoms with Crippen LogP contribution in [0.25, 0.3) is 0 Å². The van der Waals surface area contributed by atoms with E-state index in [9.17, 15) is 14.4 Å². The number of benzene rings is 1. The molecule has 1 aromatic carbocycles. The lowest BCUT2D eigenvalue weighted by Gasteiger charge is -2.41. The summed E-state index contributed by atoms with van der Waals surface area (Å²) in [5, 5.41) is 12.3. The summed E-state index contributed by atoms with van der Waals surface area (Å²) in [5.74, 6) is -0.593. The molecule has 1 aliphatic carbocycles. The summed E-state index contributed by atoms with van der Waals surface area (Å²) in [5.41, 5.74) is 1.23. The molecular weight excluding hydrogens is 368 g/mol. The molecule has 0 saturated heterocycles. The Morgan fingerprint density at radius 1 is 1.07 bits per heavy atom. The Bertz CT molecular complexity index is 1220. The van der Waals surface area contributed by atoms with Gasteiger partial charge in [-0.1, -0.05) is 32.1 Å². The van der Waals surface area contributed by atoms with E-state index >= 15 is 0 Å². The zero-order valence-electron chi connectivity index (χ0n) is 16.8. The van der Waals surface area contributed by atoms with Crippen LogP contribution in [0.2, 0.25) is 0 Å². The van der Waals surface area contributed by atoms with Crippen LogP contribution in [0.5, 0.6) is 0 Å². The summed E-state index contributed by atoms with van der Waals surface area (Å²) in [6, 6.07) is 9.03. The minimum absolute atomic E-state index is 0.0518. The fraction of sp³-hybridized carbons (Fsp3) is 0.364. The zero-order valence-corrected chi connectivity index (χ0v) is 16.8. The van der Waals surface area contributed by atoms with E-state index in [-0.39, 0.29) is 11.2 Å². The van der Waals surface area contributed by atoms with Gasteiger partial charge in [0.25, 0.3) is 5.56 Å². The van der Waals surface area contributed by atoms with E-state index in [4.69, 9.17) is 5.26 Å². The molecule has 29 heavy (non-hydrogen) atoms. The lowest BCUT2D eigenvalue weighted by Crippen LogP contribution is -2.47. The molecule has 0 saturated carbocycles. The average Bonchev–Trinajstić information content (AvgIpc) is 2.68. The lowest BCUT2D eigenvalue weighted by atomic mass is 9.67. The largest absolute Gasteiger partial charge is 0.344 e. The quantitative estimate of drug-likeness (QED) is 0.803. The van der Waals surface area contributed by atoms with E-state index in [2.05, 4.69) is 11.4 Å². The Morgan fingerprint density at radius 3 is 2.34 bits per heavy atom. The molecule has 4 rings (SSSR count). The van der Waals surface area contributed by atoms with Crippen molar-refractivity contribution in [3.05, 3.63) is 73.6 Å². The molecule has 0 spiro atoms. The molecule has 0 bridgehead atoms. The number of nitriles is 1. The van der Waals surface area contributed by atoms with Crippen molar-refractivity contribution in [3.63, 3.8) is 0 Å². The Kier molecular flexibility index (Phi) is 4.12. The SMILES string of the molecule is Cn1c2c(c(=O)n(C)c1=O)[C@H](c1ccc(C#N)cc1)[C@H]1C(=O)CC(C)(C)C=C1N2. The normalized spacial score (nSPS) is 22.0. The number of ketones is 1. The van der Waals surface area contributed by atoms with Crippen molar-refractivity contribution in [2.24, 2.45) is 25.4 Å². The maximum absolute atomic E-state index is 13.2. The summed E-state index contributed by atoms with van der Waals surface area (Å²) in [6.45, 7) is 3.98. The first-order valence-electron chi connectivity index (χ1n) is 9.47. The van der Waals surface area contributed by atoms with Crippen molar-refractivity contribution in [2.75, 3.05) is 5.32 Å². The number of hydrogen-bond acceptors (Lipinski definition) is 5. The Hall–Kier alpha value is -3.40. The highest BCUT2D eigenvalue weighted by Crippen LogP contribution is 2.47. The van der Waals surface area contributed by atoms with Crippen molar-refractivity contribution in [2.45, 2.75) is 26.2 Å². The first-order valence-corrected chi connectivity index (χ1v) is 9.47. The van der Waals surface area contributed by atoms with E-state index in [1.807, 2.05) is 19.9 Å². The highest BCUT2D eigenvalue weighted by atomic mass is 16.2. The van der Waals surface area contributed by atoms with Crippen LogP contribution >= 0.6 is 0 Å². The number of carbonyl (C=O) groups is 1. The van der Waals surface area contributed by atoms with E-state index < -0.39 is 23.1 Å². The van der Waals surface area contributed by atoms with Gasteiger partial charge in [-0.2, -0.15) is 5.26 Å². The van der Waals surface area contributed by atoms with Crippen molar-refractivity contribution in [3.8, 4) is 6.07 Å². The first kappa shape index (κ1) is 18.9. The molecule has 1 N–H and O–H groups in total. The Morgan fingerprint density at radius 2 is 1.72 bits per heavy atom. The number of aromatic nitrogens is 2. The molecule has 0 fully saturated rings. The van der Waals surface area contributed by atoms with E-state index in [1.165, 1.54) is 11.6 Å². The zero-order chi connectivity index (χ0) is 21.1. The minimum Gasteiger partial charge on any atom is -0.344 e. The summed E-state index contributed by atoms with van der Waals surface area (Å²) in [7, 11) is 3.05. The molecule has 0 amide bonds. The fourth-order valence-corrected chi connectivity index (χ4v) is 4.50. The van der Waals surface area contributed by atoms with Crippen molar-refractivity contribution >= 4 is 11.6 Å². The van der Waals surface area contributed by atoms with Crippen molar-refractivity contribution in [1.29, 1.82) is 5.26 Å². The monoisotopic (exact) mass is 390 g/mol. The number of nitrogens with one attached hydrogen (secondary N) is 1. The van der Waals surface area contributed by atoms with Gasteiger partial charge in [0.1, 0.15) is 11.6 Å². The number of hydrogen-bond donors (Lipinski definition) is 1. The predicted octanol–water partition coefficient (Wildman–Crippen LogP) is 2.01. The molecule has 1 aliphatic heterocycles. The number of Topliss-reactive ketones (excluding diaryl/α,β-unsaturated/α-hetero) is 1. The second-order valence-corrected chi connectivity index (χ2v) is 8.51. The van der Waals surface area contributed by atoms with Gasteiger partial charge >= 0.3 is 5.69 Å². The van der Waals surface area contributed by atoms with Crippen LogP contribution in [-0.4, -0.2) is 14.9 Å². The van der Waals surface area contributed by atoms with Crippen LogP contribution in [-0.2, 0) is 18.9 Å². The summed E-state index contributed by atoms with van der Waals surface area (Å²) in [4.78, 5) is 38.8. The Balaban J connectivity index is 2.06. The van der Waals surface area contributed by atoms with Gasteiger partial charge in [-0.25, -0.2) is 4.79 Å². The van der Waals surface area contributed by atoms with Crippen molar-refractivity contribution < 1.29 is 4.79 Å². The molecule has 2 heterocycles. The predicted molar refractivity (Wildman–Crippen MR) is 109 cm³/mol. The number of rotatable bonds is 1. The third kappa shape index (κ3) is 2.83. The molecule has 148 valence electrons. The number of allylic oxidation sites excluding steroid dienone is 2. The van der Waals surface area contributed by atoms with Gasteiger partial charge in [0.05, 0.1) is 23.1 Å². The number of fused-ring (bicyclic) bond motifs is 2. The molecule has 2 aromatic rings. The molecular formula is C22H22N4O3. The van der Waals surface area contributed by atoms with Gasteiger partial charge in [-0.15, -0.1) is 0 Å². The van der Waals surface area contributed by atoms with Crippen LogP contribution in [0.1, 0.15) is 42.9 Å². The van der Waals surface area contributed by atoms with Crippen LogP contribution < -0.4 is 16.6 Å². The number of anilines is 1. The van der Waals surface area contributed by atoms with Gasteiger partial charge in [-0.3, -0.25) is 18.7 Å². The molecule has 0 unspecified atom stereocenters. The van der Waals surface area contributed by atoms with Gasteiger partial charge < -0.3 is 5.32 Å². The molecule has 0 radical (unpaired) electrons. The van der Waals surface area contributed by atoms with Crippen molar-refractivity contribution in [1.82, 2.24) is 9.13 Å². The summed E-state index contributed by atoms with van der Waals surface area (Å²) >= 11 is 0. The Labute approximate surface area is 167 Å². The molecule has 2 aliphatic rings. The lowest BCUT2D eigenvalue weighted by molar-refractivity contribution is -0.124. The maximum atomic E-state index is 13.2. The van der Waals surface area contributed by atoms with Gasteiger partial charge in [0.15, 0.2) is 0 Å². The number of carbonyl (C=O) groups excluding carboxylic acids is 1. The first-order chi connectivity index (χ1) is 13.6. The van der Waals surface area contributed by atoms with Crippen LogP contribution in [0.15, 0.2) is 45.6 Å². The van der Waals surface area contributed by atoms with E-state index in [1.54, 1.807) is 31.3 Å². The second-order valence-electron chi connectivity index (χ2n) is 8.51. The van der Waals surface area contributed by atoms with Gasteiger partial charge in [0.2, 0.25) is 0 Å². The van der Waals surface area contributed by atoms with E-state index in [0.717, 1.165) is 15.8 Å². The topological polar surface area (TPSA) is 96.9 Å². The third-order valence-electron chi connectivity index (χ3n) is 5.86. The standard InChI is InChI=1S/C22H22N4O3/c1-22(2)9-14-17(15(27)10-22)16(13-7-5-12(11-23)6-8-13)18-19(24-14)25(3)21(29)26(4)20(18)28/h5-9,16-17,24H,10H2,1-4H3/t16-,17-/m1/s1. The smallest absolute Gasteiger partial charge is 0.332 e. The van der Waals surface area contributed by atoms with Crippen LogP contribution in [0.3, 0.4) is 0 Å². The van der Waals surface area contributed by atoms with Gasteiger partial charge in [0, 0.05) is 32.1 Å². The van der Waals surface area contributed by atoms with Crippen LogP contribution in [0, 0.1) is 22.7 Å². The third-order valence-corrected chi connectivity index (χ3v) is 5.86. The maximum Gasteiger partial charge on any atom is 0.332 e. The second kappa shape index (κ2) is 6.31. The molecule has 2 atom stereocenters. The molecule has 7 nitrogen and oxygen atoms in total. The highest BCUT2D eigenvalue weighted by Gasteiger charge is 2.45. The fourth-order valence-electron chi connectivity index (χ4n) is 4.50. The average molecular weight is 390 g/mol.